The van der Waals surface area contributed by atoms with Crippen LogP contribution in [0.5, 0.6) is 5.75 Å². The Morgan fingerprint density at radius 1 is 1.03 bits per heavy atom. The molecule has 1 aliphatic carbocycles. The number of rotatable bonds is 3. The minimum atomic E-state index is -0.312. The maximum absolute atomic E-state index is 13.2. The molecular formula is C34H36N2O3. The standard InChI is InChI=1S/C34H36N2O3/c1-8-38-32(37)22-12-10-9-11-21(22)31-25-13-23-19(2)17-33(4,5)35-27(23)15-29(25)39-30-16-28-24(14-26(30)31)20(3)18-34(6,7)36-28/h9-18,25,29,35H,8H2,1-7H3. The number of carbonyl (C=O) groups is 1. The number of esters is 1. The highest BCUT2D eigenvalue weighted by molar-refractivity contribution is 5.96. The molecule has 0 radical (unpaired) electrons. The van der Waals surface area contributed by atoms with Gasteiger partial charge in [0.2, 0.25) is 0 Å². The molecule has 2 unspecified atom stereocenters. The Balaban J connectivity index is 1.67. The van der Waals surface area contributed by atoms with E-state index in [-0.39, 0.29) is 29.1 Å². The number of allylic oxidation sites excluding steroid dienone is 2. The zero-order valence-electron chi connectivity index (χ0n) is 23.8. The first kappa shape index (κ1) is 25.4. The molecule has 5 heteroatoms. The molecule has 4 aliphatic rings. The van der Waals surface area contributed by atoms with Crippen molar-refractivity contribution in [3.63, 3.8) is 0 Å². The molecule has 3 aliphatic heterocycles. The highest BCUT2D eigenvalue weighted by atomic mass is 16.5. The lowest BCUT2D eigenvalue weighted by atomic mass is 9.76. The first-order chi connectivity index (χ1) is 18.5. The van der Waals surface area contributed by atoms with Crippen LogP contribution < -0.4 is 20.6 Å². The van der Waals surface area contributed by atoms with Gasteiger partial charge in [0, 0.05) is 28.5 Å². The number of carbonyl (C=O) groups excluding carboxylic acids is 1. The topological polar surface area (TPSA) is 59.9 Å². The van der Waals surface area contributed by atoms with E-state index in [9.17, 15) is 4.79 Å². The number of nitrogens with zero attached hydrogens (tertiary/aromatic N) is 1. The van der Waals surface area contributed by atoms with Gasteiger partial charge in [-0.1, -0.05) is 36.4 Å². The summed E-state index contributed by atoms with van der Waals surface area (Å²) < 4.78 is 12.2. The predicted octanol–water partition coefficient (Wildman–Crippen LogP) is 5.41. The van der Waals surface area contributed by atoms with Gasteiger partial charge in [0.25, 0.3) is 0 Å². The van der Waals surface area contributed by atoms with E-state index in [1.165, 1.54) is 16.7 Å². The van der Waals surface area contributed by atoms with Crippen molar-refractivity contribution < 1.29 is 14.3 Å². The van der Waals surface area contributed by atoms with E-state index < -0.39 is 0 Å². The number of ether oxygens (including phenoxy) is 2. The number of hydrogen-bond donors (Lipinski definition) is 1. The Hall–Kier alpha value is -3.86. The molecule has 3 heterocycles. The van der Waals surface area contributed by atoms with E-state index in [1.807, 2.05) is 31.2 Å². The third kappa shape index (κ3) is 4.34. The number of nitrogens with one attached hydrogen (secondary N) is 1. The van der Waals surface area contributed by atoms with Gasteiger partial charge in [-0.3, -0.25) is 4.99 Å². The minimum absolute atomic E-state index is 0.0857. The van der Waals surface area contributed by atoms with Crippen LogP contribution >= 0.6 is 0 Å². The van der Waals surface area contributed by atoms with Crippen LogP contribution in [-0.2, 0) is 4.74 Å². The van der Waals surface area contributed by atoms with Gasteiger partial charge in [0.15, 0.2) is 0 Å². The summed E-state index contributed by atoms with van der Waals surface area (Å²) in [5.41, 5.74) is 7.88. The highest BCUT2D eigenvalue weighted by Crippen LogP contribution is 2.41. The quantitative estimate of drug-likeness (QED) is 0.550. The Morgan fingerprint density at radius 2 is 1.79 bits per heavy atom. The molecule has 0 fully saturated rings. The second-order valence-electron chi connectivity index (χ2n) is 12.1. The molecule has 2 aromatic carbocycles. The monoisotopic (exact) mass is 520 g/mol. The van der Waals surface area contributed by atoms with Gasteiger partial charge in [-0.15, -0.1) is 0 Å². The summed E-state index contributed by atoms with van der Waals surface area (Å²) in [4.78, 5) is 18.2. The van der Waals surface area contributed by atoms with Crippen molar-refractivity contribution in [2.24, 2.45) is 10.9 Å². The smallest absolute Gasteiger partial charge is 0.338 e. The fourth-order valence-corrected chi connectivity index (χ4v) is 6.52. The van der Waals surface area contributed by atoms with Gasteiger partial charge in [0.1, 0.15) is 11.9 Å². The lowest BCUT2D eigenvalue weighted by molar-refractivity contribution is 0.0525. The highest BCUT2D eigenvalue weighted by Gasteiger charge is 2.38. The van der Waals surface area contributed by atoms with Crippen LogP contribution in [-0.4, -0.2) is 29.8 Å². The second-order valence-corrected chi connectivity index (χ2v) is 12.1. The van der Waals surface area contributed by atoms with E-state index in [2.05, 4.69) is 83.3 Å². The molecule has 2 aromatic rings. The normalized spacial score (nSPS) is 23.5. The van der Waals surface area contributed by atoms with Crippen LogP contribution in [0.2, 0.25) is 0 Å². The van der Waals surface area contributed by atoms with Gasteiger partial charge < -0.3 is 14.8 Å². The Labute approximate surface area is 230 Å². The van der Waals surface area contributed by atoms with Crippen LogP contribution in [0, 0.1) is 5.92 Å². The number of hydrogen-bond acceptors (Lipinski definition) is 5. The molecule has 2 atom stereocenters. The average molecular weight is 521 g/mol. The van der Waals surface area contributed by atoms with Crippen molar-refractivity contribution in [3.05, 3.63) is 105 Å². The molecule has 0 amide bonds. The van der Waals surface area contributed by atoms with E-state index in [0.717, 1.165) is 38.7 Å². The Kier molecular flexibility index (Phi) is 5.76. The van der Waals surface area contributed by atoms with Crippen molar-refractivity contribution in [2.45, 2.75) is 65.6 Å². The molecule has 0 saturated carbocycles. The lowest BCUT2D eigenvalue weighted by Gasteiger charge is -2.40. The molecule has 200 valence electrons. The SMILES string of the molecule is CCOC(=O)c1ccccc1C1=c2cc3c(cc2OC2C=C4NC(C)(C)C=C(C)C4=CC12)=NC(C)(C)C=C3C. The van der Waals surface area contributed by atoms with Crippen molar-refractivity contribution >= 4 is 17.1 Å². The maximum Gasteiger partial charge on any atom is 0.338 e. The van der Waals surface area contributed by atoms with Crippen LogP contribution in [0.25, 0.3) is 11.1 Å². The van der Waals surface area contributed by atoms with Crippen LogP contribution in [0.15, 0.2) is 82.5 Å². The largest absolute Gasteiger partial charge is 0.485 e. The van der Waals surface area contributed by atoms with E-state index in [1.54, 1.807) is 0 Å². The third-order valence-electron chi connectivity index (χ3n) is 7.88. The summed E-state index contributed by atoms with van der Waals surface area (Å²) in [6.45, 7) is 15.1. The maximum atomic E-state index is 13.2. The Bertz CT molecular complexity index is 1670. The van der Waals surface area contributed by atoms with Crippen LogP contribution in [0.4, 0.5) is 0 Å². The van der Waals surface area contributed by atoms with Crippen molar-refractivity contribution in [1.29, 1.82) is 0 Å². The fourth-order valence-electron chi connectivity index (χ4n) is 6.52. The van der Waals surface area contributed by atoms with Gasteiger partial charge in [0.05, 0.1) is 28.6 Å². The first-order valence-electron chi connectivity index (χ1n) is 13.8. The molecule has 1 N–H and O–H groups in total. The summed E-state index contributed by atoms with van der Waals surface area (Å²) in [5.74, 6) is 0.388. The van der Waals surface area contributed by atoms with Crippen molar-refractivity contribution in [2.75, 3.05) is 6.61 Å². The zero-order valence-corrected chi connectivity index (χ0v) is 23.8. The Morgan fingerprint density at radius 3 is 2.56 bits per heavy atom. The predicted molar refractivity (Wildman–Crippen MR) is 155 cm³/mol. The second kappa shape index (κ2) is 8.84. The van der Waals surface area contributed by atoms with Gasteiger partial charge in [-0.25, -0.2) is 4.79 Å². The molecule has 0 bridgehead atoms. The molecule has 39 heavy (non-hydrogen) atoms. The van der Waals surface area contributed by atoms with Gasteiger partial charge in [-0.05, 0) is 94.5 Å². The summed E-state index contributed by atoms with van der Waals surface area (Å²) in [6, 6.07) is 12.1. The molecular weight excluding hydrogens is 484 g/mol. The average Bonchev–Trinajstić information content (AvgIpc) is 2.84. The van der Waals surface area contributed by atoms with Crippen LogP contribution in [0.1, 0.15) is 70.0 Å². The van der Waals surface area contributed by atoms with E-state index >= 15 is 0 Å². The summed E-state index contributed by atoms with van der Waals surface area (Å²) in [7, 11) is 0. The minimum Gasteiger partial charge on any atom is -0.485 e. The summed E-state index contributed by atoms with van der Waals surface area (Å²) >= 11 is 0. The molecule has 0 aromatic heterocycles. The van der Waals surface area contributed by atoms with Crippen molar-refractivity contribution in [1.82, 2.24) is 5.32 Å². The van der Waals surface area contributed by atoms with Crippen molar-refractivity contribution in [3.8, 4) is 5.75 Å². The summed E-state index contributed by atoms with van der Waals surface area (Å²) in [5, 5.41) is 5.61. The number of benzene rings is 2. The van der Waals surface area contributed by atoms with Gasteiger partial charge in [-0.2, -0.15) is 0 Å². The molecule has 0 spiro atoms. The lowest BCUT2D eigenvalue weighted by Crippen LogP contribution is -2.45. The van der Waals surface area contributed by atoms with Gasteiger partial charge >= 0.3 is 5.97 Å². The fraction of sp³-hybridized carbons (Fsp3) is 0.353. The molecule has 5 nitrogen and oxygen atoms in total. The zero-order chi connectivity index (χ0) is 27.7. The van der Waals surface area contributed by atoms with E-state index in [4.69, 9.17) is 14.5 Å². The molecule has 6 rings (SSSR count). The summed E-state index contributed by atoms with van der Waals surface area (Å²) in [6.07, 6.45) is 8.77. The third-order valence-corrected chi connectivity index (χ3v) is 7.88. The molecule has 0 saturated heterocycles. The number of fused-ring (bicyclic) bond motifs is 4. The van der Waals surface area contributed by atoms with Crippen LogP contribution in [0.3, 0.4) is 0 Å². The van der Waals surface area contributed by atoms with E-state index in [0.29, 0.717) is 12.2 Å². The first-order valence-corrected chi connectivity index (χ1v) is 13.8.